The van der Waals surface area contributed by atoms with Crippen molar-refractivity contribution in [1.82, 2.24) is 15.1 Å². The second-order valence-electron chi connectivity index (χ2n) is 7.11. The second kappa shape index (κ2) is 6.06. The van der Waals surface area contributed by atoms with Crippen LogP contribution in [-0.4, -0.2) is 52.9 Å². The Balaban J connectivity index is 1.60. The topological polar surface area (TPSA) is 52.5 Å². The largest absolute Gasteiger partial charge is 0.507 e. The van der Waals surface area contributed by atoms with Gasteiger partial charge in [-0.25, -0.2) is 0 Å². The van der Waals surface area contributed by atoms with E-state index >= 15 is 0 Å². The number of hydrogen-bond donors (Lipinski definition) is 1. The molecule has 126 valence electrons. The first-order chi connectivity index (χ1) is 11.6. The Bertz CT molecular complexity index is 710. The first-order valence-electron chi connectivity index (χ1n) is 8.71. The average molecular weight is 324 g/mol. The highest BCUT2D eigenvalue weighted by Crippen LogP contribution is 2.35. The van der Waals surface area contributed by atoms with Crippen LogP contribution in [0.5, 0.6) is 5.75 Å². The molecule has 2 aliphatic heterocycles. The zero-order chi connectivity index (χ0) is 16.7. The van der Waals surface area contributed by atoms with Gasteiger partial charge in [-0.05, 0) is 63.0 Å². The molecule has 5 nitrogen and oxygen atoms in total. The molecule has 3 heterocycles. The van der Waals surface area contributed by atoms with Gasteiger partial charge in [0.05, 0.1) is 5.69 Å². The summed E-state index contributed by atoms with van der Waals surface area (Å²) in [6.07, 6.45) is 2.53. The standard InChI is InChI=1S/C19H24N4O/c1-13-4-3-5-17(24)19(13)15-6-7-18(21-20-15)23-11-9-14-8-10-22(2)12-16(14)23/h3-7,14,16,24H,8-12H2,1-2H3/t14-,16-/m0/s1. The Hall–Kier alpha value is -2.14. The van der Waals surface area contributed by atoms with Gasteiger partial charge in [0, 0.05) is 24.7 Å². The average Bonchev–Trinajstić information content (AvgIpc) is 2.98. The number of phenols is 1. The van der Waals surface area contributed by atoms with Gasteiger partial charge in [-0.3, -0.25) is 0 Å². The van der Waals surface area contributed by atoms with E-state index in [0.717, 1.165) is 41.6 Å². The highest BCUT2D eigenvalue weighted by atomic mass is 16.3. The lowest BCUT2D eigenvalue weighted by atomic mass is 9.92. The Morgan fingerprint density at radius 3 is 2.67 bits per heavy atom. The number of aromatic hydroxyl groups is 1. The fourth-order valence-electron chi connectivity index (χ4n) is 4.18. The number of aromatic nitrogens is 2. The van der Waals surface area contributed by atoms with Crippen molar-refractivity contribution in [2.24, 2.45) is 5.92 Å². The summed E-state index contributed by atoms with van der Waals surface area (Å²) < 4.78 is 0. The lowest BCUT2D eigenvalue weighted by molar-refractivity contribution is 0.207. The maximum Gasteiger partial charge on any atom is 0.151 e. The van der Waals surface area contributed by atoms with Crippen LogP contribution < -0.4 is 4.90 Å². The SMILES string of the molecule is Cc1cccc(O)c1-c1ccc(N2CC[C@@H]3CCN(C)C[C@@H]32)nn1. The molecular weight excluding hydrogens is 300 g/mol. The normalized spacial score (nSPS) is 24.2. The van der Waals surface area contributed by atoms with Crippen molar-refractivity contribution in [3.63, 3.8) is 0 Å². The Morgan fingerprint density at radius 2 is 1.92 bits per heavy atom. The van der Waals surface area contributed by atoms with Crippen molar-refractivity contribution in [3.05, 3.63) is 35.9 Å². The first kappa shape index (κ1) is 15.4. The quantitative estimate of drug-likeness (QED) is 0.920. The number of rotatable bonds is 2. The maximum absolute atomic E-state index is 10.1. The van der Waals surface area contributed by atoms with Crippen molar-refractivity contribution in [2.75, 3.05) is 31.6 Å². The van der Waals surface area contributed by atoms with E-state index in [4.69, 9.17) is 0 Å². The molecule has 2 fully saturated rings. The van der Waals surface area contributed by atoms with Crippen LogP contribution in [0.15, 0.2) is 30.3 Å². The monoisotopic (exact) mass is 324 g/mol. The second-order valence-corrected chi connectivity index (χ2v) is 7.11. The van der Waals surface area contributed by atoms with Crippen LogP contribution in [0.1, 0.15) is 18.4 Å². The number of phenolic OH excluding ortho intramolecular Hbond substituents is 1. The van der Waals surface area contributed by atoms with E-state index in [1.165, 1.54) is 19.4 Å². The summed E-state index contributed by atoms with van der Waals surface area (Å²) in [5, 5.41) is 19.0. The molecule has 1 aromatic heterocycles. The number of aryl methyl sites for hydroxylation is 1. The van der Waals surface area contributed by atoms with Gasteiger partial charge >= 0.3 is 0 Å². The van der Waals surface area contributed by atoms with Gasteiger partial charge in [-0.2, -0.15) is 0 Å². The van der Waals surface area contributed by atoms with E-state index in [-0.39, 0.29) is 5.75 Å². The number of likely N-dealkylation sites (N-methyl/N-ethyl adjacent to an activating group) is 1. The molecule has 0 bridgehead atoms. The molecule has 1 N–H and O–H groups in total. The Morgan fingerprint density at radius 1 is 1.08 bits per heavy atom. The zero-order valence-electron chi connectivity index (χ0n) is 14.3. The minimum Gasteiger partial charge on any atom is -0.507 e. The van der Waals surface area contributed by atoms with Gasteiger partial charge in [-0.15, -0.1) is 10.2 Å². The van der Waals surface area contributed by atoms with Crippen LogP contribution in [0, 0.1) is 12.8 Å². The van der Waals surface area contributed by atoms with Gasteiger partial charge in [0.25, 0.3) is 0 Å². The lowest BCUT2D eigenvalue weighted by Crippen LogP contribution is -2.47. The third-order valence-electron chi connectivity index (χ3n) is 5.52. The number of benzene rings is 1. The molecule has 0 amide bonds. The third-order valence-corrected chi connectivity index (χ3v) is 5.52. The summed E-state index contributed by atoms with van der Waals surface area (Å²) in [5.41, 5.74) is 2.51. The number of fused-ring (bicyclic) bond motifs is 1. The van der Waals surface area contributed by atoms with E-state index in [1.54, 1.807) is 6.07 Å². The summed E-state index contributed by atoms with van der Waals surface area (Å²) in [4.78, 5) is 4.82. The van der Waals surface area contributed by atoms with Crippen LogP contribution >= 0.6 is 0 Å². The predicted molar refractivity (Wildman–Crippen MR) is 95.2 cm³/mol. The van der Waals surface area contributed by atoms with Crippen molar-refractivity contribution in [3.8, 4) is 17.0 Å². The molecule has 0 unspecified atom stereocenters. The molecule has 0 radical (unpaired) electrons. The van der Waals surface area contributed by atoms with Crippen molar-refractivity contribution < 1.29 is 5.11 Å². The molecule has 0 spiro atoms. The zero-order valence-corrected chi connectivity index (χ0v) is 14.3. The molecule has 5 heteroatoms. The molecule has 4 rings (SSSR count). The van der Waals surface area contributed by atoms with Crippen LogP contribution in [-0.2, 0) is 0 Å². The van der Waals surface area contributed by atoms with E-state index in [1.807, 2.05) is 31.2 Å². The summed E-state index contributed by atoms with van der Waals surface area (Å²) in [6.45, 7) is 5.35. The van der Waals surface area contributed by atoms with Crippen molar-refractivity contribution in [1.29, 1.82) is 0 Å². The number of nitrogens with zero attached hydrogens (tertiary/aromatic N) is 4. The summed E-state index contributed by atoms with van der Waals surface area (Å²) >= 11 is 0. The number of likely N-dealkylation sites (tertiary alicyclic amines) is 1. The number of piperidine rings is 1. The van der Waals surface area contributed by atoms with E-state index in [9.17, 15) is 5.11 Å². The van der Waals surface area contributed by atoms with Gasteiger partial charge < -0.3 is 14.9 Å². The molecule has 24 heavy (non-hydrogen) atoms. The van der Waals surface area contributed by atoms with Crippen LogP contribution in [0.4, 0.5) is 5.82 Å². The third kappa shape index (κ3) is 2.63. The van der Waals surface area contributed by atoms with Gasteiger partial charge in [0.15, 0.2) is 5.82 Å². The fraction of sp³-hybridized carbons (Fsp3) is 0.474. The highest BCUT2D eigenvalue weighted by Gasteiger charge is 2.38. The van der Waals surface area contributed by atoms with Crippen molar-refractivity contribution >= 4 is 5.82 Å². The molecule has 1 aromatic carbocycles. The van der Waals surface area contributed by atoms with Crippen LogP contribution in [0.25, 0.3) is 11.3 Å². The van der Waals surface area contributed by atoms with E-state index in [0.29, 0.717) is 6.04 Å². The molecule has 0 saturated carbocycles. The minimum atomic E-state index is 0.257. The van der Waals surface area contributed by atoms with Gasteiger partial charge in [-0.1, -0.05) is 12.1 Å². The van der Waals surface area contributed by atoms with Crippen molar-refractivity contribution in [2.45, 2.75) is 25.8 Å². The molecule has 2 atom stereocenters. The molecular formula is C19H24N4O. The predicted octanol–water partition coefficient (Wildman–Crippen LogP) is 2.69. The van der Waals surface area contributed by atoms with Gasteiger partial charge in [0.1, 0.15) is 5.75 Å². The lowest BCUT2D eigenvalue weighted by Gasteiger charge is -2.36. The Kier molecular flexibility index (Phi) is 3.88. The highest BCUT2D eigenvalue weighted by molar-refractivity contribution is 5.70. The molecule has 2 aliphatic rings. The van der Waals surface area contributed by atoms with E-state index in [2.05, 4.69) is 27.0 Å². The van der Waals surface area contributed by atoms with E-state index < -0.39 is 0 Å². The minimum absolute atomic E-state index is 0.257. The van der Waals surface area contributed by atoms with Crippen LogP contribution in [0.3, 0.4) is 0 Å². The molecule has 0 aliphatic carbocycles. The molecule has 2 aromatic rings. The molecule has 2 saturated heterocycles. The Labute approximate surface area is 142 Å². The summed E-state index contributed by atoms with van der Waals surface area (Å²) in [7, 11) is 2.20. The number of anilines is 1. The fourth-order valence-corrected chi connectivity index (χ4v) is 4.18. The van der Waals surface area contributed by atoms with Crippen LogP contribution in [0.2, 0.25) is 0 Å². The summed E-state index contributed by atoms with van der Waals surface area (Å²) in [6, 6.07) is 10.1. The van der Waals surface area contributed by atoms with Gasteiger partial charge in [0.2, 0.25) is 0 Å². The first-order valence-corrected chi connectivity index (χ1v) is 8.71. The maximum atomic E-state index is 10.1. The smallest absolute Gasteiger partial charge is 0.151 e. The number of hydrogen-bond acceptors (Lipinski definition) is 5. The summed E-state index contributed by atoms with van der Waals surface area (Å²) in [5.74, 6) is 1.99.